The van der Waals surface area contributed by atoms with Crippen LogP contribution in [-0.2, 0) is 30.9 Å². The van der Waals surface area contributed by atoms with Crippen molar-refractivity contribution in [3.8, 4) is 0 Å². The number of nitrogens with one attached hydrogen (secondary N) is 2. The van der Waals surface area contributed by atoms with Crippen molar-refractivity contribution < 1.29 is 22.7 Å². The molecule has 19 heavy (non-hydrogen) atoms. The third kappa shape index (κ3) is 5.96. The highest BCUT2D eigenvalue weighted by Gasteiger charge is 2.13. The molecule has 0 aliphatic rings. The molecule has 0 bridgehead atoms. The number of carbonyl (C=O) groups is 1. The van der Waals surface area contributed by atoms with Gasteiger partial charge in [-0.15, -0.1) is 11.3 Å². The highest BCUT2D eigenvalue weighted by molar-refractivity contribution is 7.91. The Balaban J connectivity index is 2.55. The molecule has 0 spiro atoms. The molecule has 1 aromatic heterocycles. The Morgan fingerprint density at radius 1 is 1.47 bits per heavy atom. The van der Waals surface area contributed by atoms with Crippen LogP contribution < -0.4 is 9.44 Å². The van der Waals surface area contributed by atoms with Gasteiger partial charge in [0.05, 0.1) is 25.8 Å². The van der Waals surface area contributed by atoms with E-state index in [2.05, 4.69) is 19.2 Å². The number of carbonyl (C=O) groups excluding carboxylic acids is 1. The minimum Gasteiger partial charge on any atom is -0.469 e. The van der Waals surface area contributed by atoms with Crippen molar-refractivity contribution in [3.05, 3.63) is 11.1 Å². The largest absolute Gasteiger partial charge is 0.469 e. The normalized spacial score (nSPS) is 11.3. The number of nitrogens with zero attached hydrogens (tertiary/aromatic N) is 1. The average Bonchev–Trinajstić information content (AvgIpc) is 2.75. The number of ether oxygens (including phenoxy) is 2. The van der Waals surface area contributed by atoms with Gasteiger partial charge in [-0.1, -0.05) is 0 Å². The van der Waals surface area contributed by atoms with Gasteiger partial charge in [0.1, 0.15) is 0 Å². The molecule has 10 heteroatoms. The van der Waals surface area contributed by atoms with Crippen LogP contribution in [0.1, 0.15) is 5.69 Å². The van der Waals surface area contributed by atoms with E-state index < -0.39 is 16.2 Å². The van der Waals surface area contributed by atoms with Gasteiger partial charge in [-0.2, -0.15) is 13.1 Å². The zero-order valence-corrected chi connectivity index (χ0v) is 12.1. The summed E-state index contributed by atoms with van der Waals surface area (Å²) in [6.07, 6.45) is 0.00578. The molecule has 0 amide bonds. The van der Waals surface area contributed by atoms with E-state index in [-0.39, 0.29) is 24.7 Å². The van der Waals surface area contributed by atoms with Crippen molar-refractivity contribution in [3.63, 3.8) is 0 Å². The molecule has 1 heterocycles. The average molecular weight is 309 g/mol. The number of rotatable bonds is 8. The molecule has 0 fully saturated rings. The van der Waals surface area contributed by atoms with Crippen LogP contribution in [0.3, 0.4) is 0 Å². The Bertz CT molecular complexity index is 514. The van der Waals surface area contributed by atoms with E-state index in [1.807, 2.05) is 0 Å². The first-order valence-electron chi connectivity index (χ1n) is 5.24. The second-order valence-electron chi connectivity index (χ2n) is 3.39. The minimum atomic E-state index is -3.68. The van der Waals surface area contributed by atoms with Crippen molar-refractivity contribution in [2.45, 2.75) is 6.42 Å². The molecule has 2 N–H and O–H groups in total. The summed E-state index contributed by atoms with van der Waals surface area (Å²) in [5.41, 5.74) is 0.450. The third-order valence-corrected chi connectivity index (χ3v) is 3.91. The fraction of sp³-hybridized carbons (Fsp3) is 0.556. The van der Waals surface area contributed by atoms with Crippen LogP contribution in [-0.4, -0.2) is 46.7 Å². The van der Waals surface area contributed by atoms with Gasteiger partial charge in [-0.05, 0) is 0 Å². The number of methoxy groups -OCH3 is 2. The van der Waals surface area contributed by atoms with E-state index in [0.29, 0.717) is 5.69 Å². The second-order valence-corrected chi connectivity index (χ2v) is 5.75. The number of hydrogen-bond donors (Lipinski definition) is 2. The predicted octanol–water partition coefficient (Wildman–Crippen LogP) is -0.249. The monoisotopic (exact) mass is 309 g/mol. The number of hydrogen-bond acceptors (Lipinski definition) is 7. The van der Waals surface area contributed by atoms with Crippen LogP contribution in [0.5, 0.6) is 0 Å². The molecule has 1 rings (SSSR count). The summed E-state index contributed by atoms with van der Waals surface area (Å²) in [6, 6.07) is 0. The minimum absolute atomic E-state index is 0.00578. The Hall–Kier alpha value is -1.23. The van der Waals surface area contributed by atoms with Gasteiger partial charge >= 0.3 is 16.2 Å². The van der Waals surface area contributed by atoms with Gasteiger partial charge in [0.15, 0.2) is 5.13 Å². The summed E-state index contributed by atoms with van der Waals surface area (Å²) in [4.78, 5) is 15.0. The van der Waals surface area contributed by atoms with Crippen LogP contribution in [0.15, 0.2) is 5.38 Å². The molecular weight excluding hydrogens is 294 g/mol. The lowest BCUT2D eigenvalue weighted by Gasteiger charge is -2.05. The first kappa shape index (κ1) is 15.8. The summed E-state index contributed by atoms with van der Waals surface area (Å²) in [5, 5.41) is 1.77. The van der Waals surface area contributed by atoms with Gasteiger partial charge in [0, 0.05) is 19.0 Å². The molecule has 108 valence electrons. The van der Waals surface area contributed by atoms with Crippen LogP contribution in [0, 0.1) is 0 Å². The number of esters is 1. The highest BCUT2D eigenvalue weighted by atomic mass is 32.2. The Labute approximate surface area is 115 Å². The molecular formula is C9H15N3O5S2. The quantitative estimate of drug-likeness (QED) is 0.506. The highest BCUT2D eigenvalue weighted by Crippen LogP contribution is 2.16. The first-order chi connectivity index (χ1) is 8.96. The Morgan fingerprint density at radius 2 is 2.21 bits per heavy atom. The molecule has 0 saturated heterocycles. The van der Waals surface area contributed by atoms with E-state index in [4.69, 9.17) is 4.74 Å². The topological polar surface area (TPSA) is 107 Å². The van der Waals surface area contributed by atoms with E-state index in [0.717, 1.165) is 11.3 Å². The first-order valence-corrected chi connectivity index (χ1v) is 7.60. The summed E-state index contributed by atoms with van der Waals surface area (Å²) >= 11 is 1.09. The smallest absolute Gasteiger partial charge is 0.311 e. The zero-order valence-electron chi connectivity index (χ0n) is 10.5. The predicted molar refractivity (Wildman–Crippen MR) is 70.3 cm³/mol. The van der Waals surface area contributed by atoms with Crippen molar-refractivity contribution in [1.82, 2.24) is 9.71 Å². The van der Waals surface area contributed by atoms with E-state index >= 15 is 0 Å². The standard InChI is InChI=1S/C9H15N3O5S2/c1-16-4-3-10-19(14,15)12-9-11-7(6-18-9)5-8(13)17-2/h6,10H,3-5H2,1-2H3,(H,11,12). The lowest BCUT2D eigenvalue weighted by atomic mass is 10.3. The SMILES string of the molecule is COCCNS(=O)(=O)Nc1nc(CC(=O)OC)cs1. The molecule has 0 unspecified atom stereocenters. The molecule has 1 aromatic rings. The molecule has 0 aliphatic carbocycles. The van der Waals surface area contributed by atoms with Crippen molar-refractivity contribution in [1.29, 1.82) is 0 Å². The van der Waals surface area contributed by atoms with E-state index in [1.54, 1.807) is 5.38 Å². The Kier molecular flexibility index (Phi) is 6.15. The fourth-order valence-electron chi connectivity index (χ4n) is 1.08. The lowest BCUT2D eigenvalue weighted by molar-refractivity contribution is -0.139. The molecule has 0 saturated carbocycles. The maximum Gasteiger partial charge on any atom is 0.311 e. The van der Waals surface area contributed by atoms with E-state index in [9.17, 15) is 13.2 Å². The molecule has 0 aliphatic heterocycles. The van der Waals surface area contributed by atoms with Crippen LogP contribution in [0.4, 0.5) is 5.13 Å². The summed E-state index contributed by atoms with van der Waals surface area (Å²) in [6.45, 7) is 0.429. The molecule has 0 atom stereocenters. The summed E-state index contributed by atoms with van der Waals surface area (Å²) < 4.78 is 36.9. The number of aromatic nitrogens is 1. The lowest BCUT2D eigenvalue weighted by Crippen LogP contribution is -2.32. The van der Waals surface area contributed by atoms with Crippen LogP contribution in [0.25, 0.3) is 0 Å². The maximum atomic E-state index is 11.6. The van der Waals surface area contributed by atoms with Gasteiger partial charge < -0.3 is 9.47 Å². The summed E-state index contributed by atoms with van der Waals surface area (Å²) in [5.74, 6) is -0.432. The number of thiazole rings is 1. The fourth-order valence-corrected chi connectivity index (χ4v) is 2.86. The third-order valence-electron chi connectivity index (χ3n) is 1.92. The van der Waals surface area contributed by atoms with Crippen LogP contribution >= 0.6 is 11.3 Å². The zero-order chi connectivity index (χ0) is 14.3. The second kappa shape index (κ2) is 7.38. The van der Waals surface area contributed by atoms with Gasteiger partial charge in [0.25, 0.3) is 0 Å². The van der Waals surface area contributed by atoms with E-state index in [1.165, 1.54) is 14.2 Å². The van der Waals surface area contributed by atoms with Gasteiger partial charge in [-0.3, -0.25) is 4.79 Å². The van der Waals surface area contributed by atoms with Crippen molar-refractivity contribution >= 4 is 32.6 Å². The van der Waals surface area contributed by atoms with Gasteiger partial charge in [0.2, 0.25) is 0 Å². The molecule has 8 nitrogen and oxygen atoms in total. The Morgan fingerprint density at radius 3 is 2.84 bits per heavy atom. The number of anilines is 1. The van der Waals surface area contributed by atoms with Crippen molar-refractivity contribution in [2.75, 3.05) is 32.1 Å². The summed E-state index contributed by atoms with van der Waals surface area (Å²) in [7, 11) is -0.926. The molecule has 0 radical (unpaired) electrons. The van der Waals surface area contributed by atoms with Crippen LogP contribution in [0.2, 0.25) is 0 Å². The van der Waals surface area contributed by atoms with Gasteiger partial charge in [-0.25, -0.2) is 9.71 Å². The van der Waals surface area contributed by atoms with Crippen molar-refractivity contribution in [2.24, 2.45) is 0 Å². The molecule has 0 aromatic carbocycles. The maximum absolute atomic E-state index is 11.6.